The highest BCUT2D eigenvalue weighted by Gasteiger charge is 2.19. The molecule has 22 heavy (non-hydrogen) atoms. The Labute approximate surface area is 134 Å². The van der Waals surface area contributed by atoms with E-state index in [0.29, 0.717) is 5.02 Å². The molecule has 1 amide bonds. The Kier molecular flexibility index (Phi) is 5.23. The van der Waals surface area contributed by atoms with Crippen molar-refractivity contribution in [3.8, 4) is 0 Å². The van der Waals surface area contributed by atoms with Crippen molar-refractivity contribution >= 4 is 40.9 Å². The van der Waals surface area contributed by atoms with E-state index in [4.69, 9.17) is 27.9 Å². The maximum atomic E-state index is 11.9. The van der Waals surface area contributed by atoms with E-state index in [1.807, 2.05) is 0 Å². The number of carbonyl (C=O) groups is 2. The van der Waals surface area contributed by atoms with Gasteiger partial charge < -0.3 is 10.1 Å². The first kappa shape index (κ1) is 16.1. The van der Waals surface area contributed by atoms with Gasteiger partial charge in [-0.05, 0) is 23.4 Å². The molecule has 1 atom stereocenters. The lowest BCUT2D eigenvalue weighted by molar-refractivity contribution is -0.154. The van der Waals surface area contributed by atoms with Crippen molar-refractivity contribution in [3.05, 3.63) is 28.6 Å². The second kappa shape index (κ2) is 7.14. The Morgan fingerprint density at radius 2 is 2.23 bits per heavy atom. The van der Waals surface area contributed by atoms with Crippen LogP contribution in [0.25, 0.3) is 0 Å². The van der Waals surface area contributed by atoms with Gasteiger partial charge in [0.15, 0.2) is 11.9 Å². The third kappa shape index (κ3) is 4.37. The molecular formula is C11H10Cl2N6O3. The maximum Gasteiger partial charge on any atom is 0.328 e. The van der Waals surface area contributed by atoms with Crippen LogP contribution >= 0.6 is 23.2 Å². The third-order valence-electron chi connectivity index (χ3n) is 2.41. The fraction of sp³-hybridized carbons (Fsp3) is 0.273. The molecule has 1 N–H and O–H groups in total. The van der Waals surface area contributed by atoms with Gasteiger partial charge in [-0.25, -0.2) is 9.67 Å². The van der Waals surface area contributed by atoms with Crippen LogP contribution in [0.4, 0.5) is 5.82 Å². The van der Waals surface area contributed by atoms with Crippen LogP contribution in [-0.2, 0) is 20.9 Å². The number of esters is 1. The number of rotatable bonds is 5. The summed E-state index contributed by atoms with van der Waals surface area (Å²) in [6.45, 7) is 1.21. The molecule has 0 spiro atoms. The number of nitrogens with zero attached hydrogens (tertiary/aromatic N) is 5. The summed E-state index contributed by atoms with van der Waals surface area (Å²) in [6, 6.07) is 1.43. The number of pyridine rings is 1. The van der Waals surface area contributed by atoms with Crippen LogP contribution in [0.3, 0.4) is 0 Å². The van der Waals surface area contributed by atoms with Crippen LogP contribution in [0.5, 0.6) is 0 Å². The summed E-state index contributed by atoms with van der Waals surface area (Å²) >= 11 is 11.6. The molecule has 0 bridgehead atoms. The van der Waals surface area contributed by atoms with Gasteiger partial charge in [0.05, 0.1) is 10.0 Å². The Hall–Kier alpha value is -2.26. The molecule has 0 saturated carbocycles. The molecule has 2 aromatic rings. The molecule has 2 heterocycles. The average Bonchev–Trinajstić information content (AvgIpc) is 2.94. The predicted molar refractivity (Wildman–Crippen MR) is 76.3 cm³/mol. The maximum absolute atomic E-state index is 11.9. The van der Waals surface area contributed by atoms with Crippen molar-refractivity contribution in [2.75, 3.05) is 5.32 Å². The first-order valence-corrected chi connectivity index (χ1v) is 6.73. The average molecular weight is 345 g/mol. The number of tetrazole rings is 1. The van der Waals surface area contributed by atoms with Crippen molar-refractivity contribution < 1.29 is 14.3 Å². The van der Waals surface area contributed by atoms with E-state index >= 15 is 0 Å². The third-order valence-corrected chi connectivity index (χ3v) is 2.90. The van der Waals surface area contributed by atoms with Gasteiger partial charge in [-0.15, -0.1) is 5.10 Å². The topological polar surface area (TPSA) is 112 Å². The lowest BCUT2D eigenvalue weighted by Gasteiger charge is -2.13. The minimum Gasteiger partial charge on any atom is -0.451 e. The fourth-order valence-corrected chi connectivity index (χ4v) is 1.83. The largest absolute Gasteiger partial charge is 0.451 e. The molecule has 0 aliphatic heterocycles. The first-order valence-electron chi connectivity index (χ1n) is 5.98. The highest BCUT2D eigenvalue weighted by Crippen LogP contribution is 2.22. The van der Waals surface area contributed by atoms with Gasteiger partial charge >= 0.3 is 5.97 Å². The Morgan fingerprint density at radius 1 is 1.45 bits per heavy atom. The zero-order chi connectivity index (χ0) is 16.1. The normalized spacial score (nSPS) is 11.8. The van der Waals surface area contributed by atoms with Crippen LogP contribution in [0.15, 0.2) is 18.6 Å². The molecule has 9 nitrogen and oxygen atoms in total. The molecule has 0 aliphatic rings. The molecule has 116 valence electrons. The van der Waals surface area contributed by atoms with Crippen molar-refractivity contribution in [3.63, 3.8) is 0 Å². The van der Waals surface area contributed by atoms with Crippen molar-refractivity contribution in [1.82, 2.24) is 25.2 Å². The summed E-state index contributed by atoms with van der Waals surface area (Å²) in [7, 11) is 0. The molecule has 2 aromatic heterocycles. The van der Waals surface area contributed by atoms with Gasteiger partial charge in [0.2, 0.25) is 0 Å². The number of ether oxygens (including phenoxy) is 1. The second-order valence-corrected chi connectivity index (χ2v) is 4.96. The fourth-order valence-electron chi connectivity index (χ4n) is 1.40. The Balaban J connectivity index is 1.90. The molecule has 0 saturated heterocycles. The zero-order valence-corrected chi connectivity index (χ0v) is 12.7. The lowest BCUT2D eigenvalue weighted by atomic mass is 10.3. The molecule has 0 aliphatic carbocycles. The number of aromatic nitrogens is 5. The molecular weight excluding hydrogens is 335 g/mol. The van der Waals surface area contributed by atoms with Gasteiger partial charge in [-0.3, -0.25) is 9.59 Å². The summed E-state index contributed by atoms with van der Waals surface area (Å²) in [5.41, 5.74) is 0. The van der Waals surface area contributed by atoms with E-state index in [2.05, 4.69) is 25.8 Å². The molecule has 0 unspecified atom stereocenters. The van der Waals surface area contributed by atoms with Crippen molar-refractivity contribution in [2.45, 2.75) is 19.6 Å². The SMILES string of the molecule is C[C@H](OC(=O)Cn1cnnn1)C(=O)Nc1ncc(Cl)cc1Cl. The number of nitrogens with one attached hydrogen (secondary N) is 1. The van der Waals surface area contributed by atoms with E-state index in [0.717, 1.165) is 0 Å². The molecule has 0 fully saturated rings. The van der Waals surface area contributed by atoms with Gasteiger partial charge in [0.1, 0.15) is 12.9 Å². The number of carbonyl (C=O) groups excluding carboxylic acids is 2. The Bertz CT molecular complexity index is 678. The van der Waals surface area contributed by atoms with Crippen molar-refractivity contribution in [1.29, 1.82) is 0 Å². The smallest absolute Gasteiger partial charge is 0.328 e. The summed E-state index contributed by atoms with van der Waals surface area (Å²) in [6.07, 6.45) is 1.54. The lowest BCUT2D eigenvalue weighted by Crippen LogP contribution is -2.31. The summed E-state index contributed by atoms with van der Waals surface area (Å²) in [5.74, 6) is -1.12. The molecule has 11 heteroatoms. The number of amides is 1. The quantitative estimate of drug-likeness (QED) is 0.803. The number of anilines is 1. The van der Waals surface area contributed by atoms with Crippen LogP contribution in [-0.4, -0.2) is 43.2 Å². The summed E-state index contributed by atoms with van der Waals surface area (Å²) in [4.78, 5) is 27.4. The second-order valence-electron chi connectivity index (χ2n) is 4.11. The van der Waals surface area contributed by atoms with Gasteiger partial charge in [0.25, 0.3) is 5.91 Å². The van der Waals surface area contributed by atoms with E-state index in [9.17, 15) is 9.59 Å². The number of hydrogen-bond donors (Lipinski definition) is 1. The minimum absolute atomic E-state index is 0.124. The van der Waals surface area contributed by atoms with E-state index < -0.39 is 18.0 Å². The van der Waals surface area contributed by atoms with Gasteiger partial charge in [-0.1, -0.05) is 23.2 Å². The van der Waals surface area contributed by atoms with E-state index in [1.54, 1.807) is 0 Å². The highest BCUT2D eigenvalue weighted by atomic mass is 35.5. The highest BCUT2D eigenvalue weighted by molar-refractivity contribution is 6.36. The van der Waals surface area contributed by atoms with Crippen LogP contribution in [0.1, 0.15) is 6.92 Å². The van der Waals surface area contributed by atoms with E-state index in [1.165, 1.54) is 30.2 Å². The zero-order valence-electron chi connectivity index (χ0n) is 11.2. The van der Waals surface area contributed by atoms with Crippen LogP contribution < -0.4 is 5.32 Å². The van der Waals surface area contributed by atoms with Gasteiger partial charge in [0, 0.05) is 6.20 Å². The monoisotopic (exact) mass is 344 g/mol. The van der Waals surface area contributed by atoms with Gasteiger partial charge in [-0.2, -0.15) is 0 Å². The van der Waals surface area contributed by atoms with Crippen LogP contribution in [0.2, 0.25) is 10.0 Å². The Morgan fingerprint density at radius 3 is 2.86 bits per heavy atom. The summed E-state index contributed by atoms with van der Waals surface area (Å²) < 4.78 is 6.13. The summed E-state index contributed by atoms with van der Waals surface area (Å²) in [5, 5.41) is 13.2. The standard InChI is InChI=1S/C11H10Cl2N6O3/c1-6(22-9(20)4-19-5-15-17-18-19)11(21)16-10-8(13)2-7(12)3-14-10/h2-3,5-6H,4H2,1H3,(H,14,16,21)/t6-/m0/s1. The predicted octanol–water partition coefficient (Wildman–Crippen LogP) is 0.945. The van der Waals surface area contributed by atoms with Crippen LogP contribution in [0, 0.1) is 0 Å². The molecule has 0 aromatic carbocycles. The van der Waals surface area contributed by atoms with Crippen molar-refractivity contribution in [2.24, 2.45) is 0 Å². The molecule has 0 radical (unpaired) electrons. The first-order chi connectivity index (χ1) is 10.5. The minimum atomic E-state index is -1.04. The number of hydrogen-bond acceptors (Lipinski definition) is 7. The number of halogens is 2. The molecule has 2 rings (SSSR count). The van der Waals surface area contributed by atoms with E-state index in [-0.39, 0.29) is 17.4 Å².